The Bertz CT molecular complexity index is 508. The summed E-state index contributed by atoms with van der Waals surface area (Å²) in [4.78, 5) is 17.1. The van der Waals surface area contributed by atoms with Crippen molar-refractivity contribution in [1.29, 1.82) is 0 Å². The van der Waals surface area contributed by atoms with Gasteiger partial charge in [-0.3, -0.25) is 0 Å². The number of hydrogen-bond acceptors (Lipinski definition) is 4. The molecule has 3 heterocycles. The third-order valence-corrected chi connectivity index (χ3v) is 4.31. The number of fused-ring (bicyclic) bond motifs is 2. The first kappa shape index (κ1) is 14.1. The van der Waals surface area contributed by atoms with Gasteiger partial charge in [-0.25, -0.2) is 9.78 Å². The van der Waals surface area contributed by atoms with E-state index in [9.17, 15) is 9.90 Å². The SMILES string of the molecule is COCc1ccnc(OC2CC3CCC(C2)N3C(=O)O)c1. The monoisotopic (exact) mass is 292 g/mol. The van der Waals surface area contributed by atoms with Gasteiger partial charge in [-0.1, -0.05) is 0 Å². The van der Waals surface area contributed by atoms with E-state index >= 15 is 0 Å². The first-order valence-electron chi connectivity index (χ1n) is 7.29. The van der Waals surface area contributed by atoms with E-state index < -0.39 is 6.09 Å². The number of amides is 1. The average Bonchev–Trinajstić information content (AvgIpc) is 2.72. The van der Waals surface area contributed by atoms with E-state index in [1.807, 2.05) is 12.1 Å². The largest absolute Gasteiger partial charge is 0.474 e. The molecule has 1 amide bonds. The number of pyridine rings is 1. The first-order valence-corrected chi connectivity index (χ1v) is 7.29. The highest BCUT2D eigenvalue weighted by atomic mass is 16.5. The molecule has 1 aromatic rings. The van der Waals surface area contributed by atoms with Crippen molar-refractivity contribution in [1.82, 2.24) is 9.88 Å². The van der Waals surface area contributed by atoms with E-state index in [1.165, 1.54) is 0 Å². The fourth-order valence-electron chi connectivity index (χ4n) is 3.48. The number of ether oxygens (including phenoxy) is 2. The van der Waals surface area contributed by atoms with Crippen molar-refractivity contribution in [2.24, 2.45) is 0 Å². The van der Waals surface area contributed by atoms with Gasteiger partial charge >= 0.3 is 6.09 Å². The number of aromatic nitrogens is 1. The van der Waals surface area contributed by atoms with E-state index in [2.05, 4.69) is 4.98 Å². The molecule has 1 aromatic heterocycles. The zero-order chi connectivity index (χ0) is 14.8. The molecule has 2 fully saturated rings. The zero-order valence-corrected chi connectivity index (χ0v) is 12.1. The van der Waals surface area contributed by atoms with E-state index in [0.717, 1.165) is 31.2 Å². The molecular formula is C15H20N2O4. The number of rotatable bonds is 4. The molecule has 0 saturated carbocycles. The normalized spacial score (nSPS) is 27.7. The van der Waals surface area contributed by atoms with Crippen LogP contribution in [-0.4, -0.2) is 46.4 Å². The lowest BCUT2D eigenvalue weighted by Crippen LogP contribution is -2.48. The molecule has 2 unspecified atom stereocenters. The van der Waals surface area contributed by atoms with Crippen molar-refractivity contribution in [2.75, 3.05) is 7.11 Å². The number of nitrogens with zero attached hydrogens (tertiary/aromatic N) is 2. The van der Waals surface area contributed by atoms with Crippen molar-refractivity contribution in [2.45, 2.75) is 50.5 Å². The highest BCUT2D eigenvalue weighted by molar-refractivity contribution is 5.66. The second-order valence-electron chi connectivity index (χ2n) is 5.72. The maximum Gasteiger partial charge on any atom is 0.407 e. The maximum absolute atomic E-state index is 11.3. The Morgan fingerprint density at radius 1 is 1.43 bits per heavy atom. The quantitative estimate of drug-likeness (QED) is 0.921. The van der Waals surface area contributed by atoms with Crippen LogP contribution in [0.3, 0.4) is 0 Å². The van der Waals surface area contributed by atoms with Crippen molar-refractivity contribution >= 4 is 6.09 Å². The highest BCUT2D eigenvalue weighted by Crippen LogP contribution is 2.37. The molecule has 114 valence electrons. The fourth-order valence-corrected chi connectivity index (χ4v) is 3.48. The predicted molar refractivity (Wildman–Crippen MR) is 75.3 cm³/mol. The fraction of sp³-hybridized carbons (Fsp3) is 0.600. The van der Waals surface area contributed by atoms with Crippen LogP contribution in [0.5, 0.6) is 5.88 Å². The van der Waals surface area contributed by atoms with Crippen molar-refractivity contribution in [3.8, 4) is 5.88 Å². The lowest BCUT2D eigenvalue weighted by atomic mass is 10.0. The van der Waals surface area contributed by atoms with Crippen LogP contribution in [-0.2, 0) is 11.3 Å². The van der Waals surface area contributed by atoms with Gasteiger partial charge in [0.05, 0.1) is 6.61 Å². The minimum absolute atomic E-state index is 0.0448. The topological polar surface area (TPSA) is 71.9 Å². The Kier molecular flexibility index (Phi) is 3.96. The first-order chi connectivity index (χ1) is 10.2. The van der Waals surface area contributed by atoms with Gasteiger partial charge in [0.25, 0.3) is 0 Å². The Morgan fingerprint density at radius 2 is 2.14 bits per heavy atom. The molecule has 6 nitrogen and oxygen atoms in total. The lowest BCUT2D eigenvalue weighted by Gasteiger charge is -2.36. The van der Waals surface area contributed by atoms with Crippen LogP contribution >= 0.6 is 0 Å². The minimum atomic E-state index is -0.804. The van der Waals surface area contributed by atoms with E-state index in [4.69, 9.17) is 9.47 Å². The third kappa shape index (κ3) is 2.95. The Hall–Kier alpha value is -1.82. The molecule has 2 aliphatic heterocycles. The van der Waals surface area contributed by atoms with E-state index in [0.29, 0.717) is 12.5 Å². The predicted octanol–water partition coefficient (Wildman–Crippen LogP) is 2.28. The second kappa shape index (κ2) is 5.89. The smallest absolute Gasteiger partial charge is 0.407 e. The van der Waals surface area contributed by atoms with Crippen molar-refractivity contribution in [3.63, 3.8) is 0 Å². The average molecular weight is 292 g/mol. The molecule has 2 bridgehead atoms. The van der Waals surface area contributed by atoms with Gasteiger partial charge in [0, 0.05) is 44.3 Å². The number of carbonyl (C=O) groups is 1. The van der Waals surface area contributed by atoms with Gasteiger partial charge in [0.1, 0.15) is 6.10 Å². The molecule has 0 spiro atoms. The second-order valence-corrected chi connectivity index (χ2v) is 5.72. The summed E-state index contributed by atoms with van der Waals surface area (Å²) in [5.41, 5.74) is 1.02. The van der Waals surface area contributed by atoms with E-state index in [1.54, 1.807) is 18.2 Å². The van der Waals surface area contributed by atoms with Gasteiger partial charge in [-0.15, -0.1) is 0 Å². The summed E-state index contributed by atoms with van der Waals surface area (Å²) in [5.74, 6) is 0.595. The van der Waals surface area contributed by atoms with Gasteiger partial charge < -0.3 is 19.5 Å². The van der Waals surface area contributed by atoms with Crippen LogP contribution in [0.2, 0.25) is 0 Å². The molecule has 21 heavy (non-hydrogen) atoms. The number of piperidine rings is 1. The van der Waals surface area contributed by atoms with Crippen LogP contribution in [0.4, 0.5) is 4.79 Å². The number of hydrogen-bond donors (Lipinski definition) is 1. The minimum Gasteiger partial charge on any atom is -0.474 e. The molecule has 1 N–H and O–H groups in total. The van der Waals surface area contributed by atoms with Crippen molar-refractivity contribution < 1.29 is 19.4 Å². The number of carboxylic acid groups (broad SMARTS) is 1. The molecule has 0 radical (unpaired) electrons. The number of methoxy groups -OCH3 is 1. The Morgan fingerprint density at radius 3 is 2.76 bits per heavy atom. The molecule has 6 heteroatoms. The third-order valence-electron chi connectivity index (χ3n) is 4.31. The highest BCUT2D eigenvalue weighted by Gasteiger charge is 2.44. The van der Waals surface area contributed by atoms with Crippen LogP contribution in [0.1, 0.15) is 31.2 Å². The molecule has 3 rings (SSSR count). The molecule has 2 saturated heterocycles. The lowest BCUT2D eigenvalue weighted by molar-refractivity contribution is 0.0475. The zero-order valence-electron chi connectivity index (χ0n) is 12.1. The van der Waals surface area contributed by atoms with Crippen LogP contribution in [0, 0.1) is 0 Å². The molecule has 0 aliphatic carbocycles. The summed E-state index contributed by atoms with van der Waals surface area (Å²) in [6.45, 7) is 0.529. The van der Waals surface area contributed by atoms with E-state index in [-0.39, 0.29) is 18.2 Å². The van der Waals surface area contributed by atoms with Crippen LogP contribution in [0.25, 0.3) is 0 Å². The molecule has 2 aliphatic rings. The standard InChI is InChI=1S/C15H20N2O4/c1-20-9-10-4-5-16-14(6-10)21-13-7-11-2-3-12(8-13)17(11)15(18)19/h4-6,11-13H,2-3,7-9H2,1H3,(H,18,19). The summed E-state index contributed by atoms with van der Waals surface area (Å²) >= 11 is 0. The van der Waals surface area contributed by atoms with Crippen molar-refractivity contribution in [3.05, 3.63) is 23.9 Å². The summed E-state index contributed by atoms with van der Waals surface area (Å²) < 4.78 is 11.1. The van der Waals surface area contributed by atoms with Gasteiger partial charge in [0.2, 0.25) is 5.88 Å². The van der Waals surface area contributed by atoms with Crippen LogP contribution < -0.4 is 4.74 Å². The van der Waals surface area contributed by atoms with Gasteiger partial charge in [-0.05, 0) is 24.5 Å². The maximum atomic E-state index is 11.3. The summed E-state index contributed by atoms with van der Waals surface area (Å²) in [5, 5.41) is 9.25. The summed E-state index contributed by atoms with van der Waals surface area (Å²) in [7, 11) is 1.65. The molecule has 0 aromatic carbocycles. The summed E-state index contributed by atoms with van der Waals surface area (Å²) in [6, 6.07) is 3.96. The Balaban J connectivity index is 1.65. The molecular weight excluding hydrogens is 272 g/mol. The van der Waals surface area contributed by atoms with Gasteiger partial charge in [-0.2, -0.15) is 0 Å². The van der Waals surface area contributed by atoms with Crippen LogP contribution in [0.15, 0.2) is 18.3 Å². The Labute approximate surface area is 123 Å². The summed E-state index contributed by atoms with van der Waals surface area (Å²) in [6.07, 6.45) is 4.33. The van der Waals surface area contributed by atoms with Gasteiger partial charge in [0.15, 0.2) is 0 Å². The molecule has 2 atom stereocenters.